The first-order valence-corrected chi connectivity index (χ1v) is 9.48. The van der Waals surface area contributed by atoms with E-state index in [9.17, 15) is 18.5 Å². The molecule has 0 aromatic carbocycles. The lowest BCUT2D eigenvalue weighted by molar-refractivity contribution is -0.392. The van der Waals surface area contributed by atoms with E-state index in [2.05, 4.69) is 14.6 Å². The van der Waals surface area contributed by atoms with Crippen molar-refractivity contribution < 1.29 is 18.1 Å². The van der Waals surface area contributed by atoms with Crippen molar-refractivity contribution in [3.05, 3.63) is 22.1 Å². The normalized spacial score (nSPS) is 16.4. The molecule has 0 radical (unpaired) electrons. The molecule has 0 spiro atoms. The van der Waals surface area contributed by atoms with Gasteiger partial charge in [-0.3, -0.25) is 4.90 Å². The van der Waals surface area contributed by atoms with Crippen molar-refractivity contribution in [1.82, 2.24) is 19.2 Å². The minimum absolute atomic E-state index is 0.000936. The average Bonchev–Trinajstić information content (AvgIpc) is 2.92. The van der Waals surface area contributed by atoms with Gasteiger partial charge in [0.1, 0.15) is 18.5 Å². The van der Waals surface area contributed by atoms with Crippen molar-refractivity contribution in [2.75, 3.05) is 45.1 Å². The second-order valence-electron chi connectivity index (χ2n) is 5.59. The Morgan fingerprint density at radius 3 is 2.75 bits per heavy atom. The quantitative estimate of drug-likeness (QED) is 0.365. The van der Waals surface area contributed by atoms with Gasteiger partial charge in [-0.15, -0.1) is 0 Å². The summed E-state index contributed by atoms with van der Waals surface area (Å²) < 4.78 is 33.1. The Balaban J connectivity index is 1.75. The molecule has 0 amide bonds. The lowest BCUT2D eigenvalue weighted by Crippen LogP contribution is -2.38. The number of morpholine rings is 1. The van der Waals surface area contributed by atoms with Crippen molar-refractivity contribution in [2.45, 2.75) is 19.9 Å². The molecule has 2 heterocycles. The lowest BCUT2D eigenvalue weighted by Gasteiger charge is -2.26. The van der Waals surface area contributed by atoms with Crippen LogP contribution in [0.4, 0.5) is 5.82 Å². The van der Waals surface area contributed by atoms with E-state index in [-0.39, 0.29) is 18.1 Å². The molecule has 1 saturated heterocycles. The number of nitrogens with zero attached hydrogens (tertiary/aromatic N) is 4. The molecule has 0 atom stereocenters. The van der Waals surface area contributed by atoms with E-state index < -0.39 is 14.9 Å². The zero-order valence-corrected chi connectivity index (χ0v) is 14.5. The summed E-state index contributed by atoms with van der Waals surface area (Å²) in [7, 11) is -3.48. The maximum atomic E-state index is 12.0. The van der Waals surface area contributed by atoms with Gasteiger partial charge in [0.05, 0.1) is 13.2 Å². The first kappa shape index (κ1) is 18.8. The van der Waals surface area contributed by atoms with E-state index in [1.165, 1.54) is 4.57 Å². The number of hydrogen-bond acceptors (Lipinski definition) is 7. The molecule has 0 aliphatic carbocycles. The van der Waals surface area contributed by atoms with Gasteiger partial charge < -0.3 is 14.9 Å². The molecule has 24 heavy (non-hydrogen) atoms. The summed E-state index contributed by atoms with van der Waals surface area (Å²) in [5.74, 6) is 0.00187. The molecule has 1 aliphatic heterocycles. The topological polar surface area (TPSA) is 120 Å². The van der Waals surface area contributed by atoms with Gasteiger partial charge in [-0.05, 0) is 17.9 Å². The van der Waals surface area contributed by atoms with Gasteiger partial charge in [-0.1, -0.05) is 0 Å². The van der Waals surface area contributed by atoms with Crippen LogP contribution in [0.2, 0.25) is 0 Å². The minimum Gasteiger partial charge on any atom is -0.379 e. The Morgan fingerprint density at radius 1 is 1.38 bits per heavy atom. The van der Waals surface area contributed by atoms with Gasteiger partial charge in [0.25, 0.3) is 0 Å². The predicted octanol–water partition coefficient (Wildman–Crippen LogP) is -0.259. The molecule has 2 rings (SSSR count). The molecule has 136 valence electrons. The summed E-state index contributed by atoms with van der Waals surface area (Å²) in [5, 5.41) is 10.9. The van der Waals surface area contributed by atoms with Gasteiger partial charge >= 0.3 is 5.82 Å². The van der Waals surface area contributed by atoms with Crippen LogP contribution in [0.5, 0.6) is 0 Å². The zero-order valence-electron chi connectivity index (χ0n) is 13.7. The Kier molecular flexibility index (Phi) is 6.66. The maximum absolute atomic E-state index is 12.0. The third-order valence-electron chi connectivity index (χ3n) is 3.88. The predicted molar refractivity (Wildman–Crippen MR) is 87.3 cm³/mol. The van der Waals surface area contributed by atoms with Crippen LogP contribution in [0, 0.1) is 17.0 Å². The fourth-order valence-electron chi connectivity index (χ4n) is 2.52. The molecule has 1 aromatic heterocycles. The van der Waals surface area contributed by atoms with Gasteiger partial charge in [0.2, 0.25) is 10.0 Å². The van der Waals surface area contributed by atoms with Crippen molar-refractivity contribution in [3.63, 3.8) is 0 Å². The van der Waals surface area contributed by atoms with Crippen LogP contribution in [0.3, 0.4) is 0 Å². The molecule has 11 heteroatoms. The van der Waals surface area contributed by atoms with Crippen LogP contribution in [-0.2, 0) is 21.3 Å². The van der Waals surface area contributed by atoms with E-state index in [1.807, 2.05) is 0 Å². The van der Waals surface area contributed by atoms with Crippen molar-refractivity contribution in [2.24, 2.45) is 0 Å². The van der Waals surface area contributed by atoms with E-state index in [4.69, 9.17) is 4.74 Å². The fraction of sp³-hybridized carbons (Fsp3) is 0.769. The Hall–Kier alpha value is -1.56. The Labute approximate surface area is 141 Å². The number of aromatic nitrogens is 2. The van der Waals surface area contributed by atoms with Crippen LogP contribution in [-0.4, -0.2) is 72.9 Å². The monoisotopic (exact) mass is 361 g/mol. The summed E-state index contributed by atoms with van der Waals surface area (Å²) in [6.07, 6.45) is 1.85. The molecule has 10 nitrogen and oxygen atoms in total. The Morgan fingerprint density at radius 2 is 2.08 bits per heavy atom. The number of ether oxygens (including phenoxy) is 1. The maximum Gasteiger partial charge on any atom is 0.342 e. The van der Waals surface area contributed by atoms with Crippen molar-refractivity contribution in [3.8, 4) is 0 Å². The molecular weight excluding hydrogens is 338 g/mol. The third kappa shape index (κ3) is 5.51. The highest BCUT2D eigenvalue weighted by molar-refractivity contribution is 7.89. The lowest BCUT2D eigenvalue weighted by atomic mass is 10.3. The highest BCUT2D eigenvalue weighted by Crippen LogP contribution is 2.13. The number of nitro groups is 1. The first-order chi connectivity index (χ1) is 11.4. The van der Waals surface area contributed by atoms with Crippen molar-refractivity contribution >= 4 is 15.8 Å². The van der Waals surface area contributed by atoms with Crippen LogP contribution in [0.25, 0.3) is 0 Å². The Bertz CT molecular complexity index is 654. The van der Waals surface area contributed by atoms with E-state index in [0.717, 1.165) is 39.0 Å². The molecule has 1 fully saturated rings. The number of rotatable bonds is 9. The number of imidazole rings is 1. The molecule has 0 saturated carbocycles. The molecule has 0 bridgehead atoms. The SMILES string of the molecule is Cc1ncc([N+](=O)[O-])n1CCS(=O)(=O)NCCCN1CCOCC1. The largest absolute Gasteiger partial charge is 0.379 e. The third-order valence-corrected chi connectivity index (χ3v) is 5.25. The van der Waals surface area contributed by atoms with Crippen molar-refractivity contribution in [1.29, 1.82) is 0 Å². The fourth-order valence-corrected chi connectivity index (χ4v) is 3.54. The van der Waals surface area contributed by atoms with Crippen LogP contribution < -0.4 is 4.72 Å². The van der Waals surface area contributed by atoms with Crippen LogP contribution in [0.15, 0.2) is 6.20 Å². The summed E-state index contributed by atoms with van der Waals surface area (Å²) in [6.45, 7) is 5.95. The second-order valence-corrected chi connectivity index (χ2v) is 7.52. The summed E-state index contributed by atoms with van der Waals surface area (Å²) >= 11 is 0. The van der Waals surface area contributed by atoms with Crippen LogP contribution >= 0.6 is 0 Å². The van der Waals surface area contributed by atoms with Gasteiger partial charge in [0.15, 0.2) is 5.82 Å². The summed E-state index contributed by atoms with van der Waals surface area (Å²) in [4.78, 5) is 16.4. The highest BCUT2D eigenvalue weighted by Gasteiger charge is 2.20. The average molecular weight is 361 g/mol. The number of sulfonamides is 1. The number of hydrogen-bond donors (Lipinski definition) is 1. The summed E-state index contributed by atoms with van der Waals surface area (Å²) in [6, 6.07) is 0. The summed E-state index contributed by atoms with van der Waals surface area (Å²) in [5.41, 5.74) is 0. The van der Waals surface area contributed by atoms with E-state index in [0.29, 0.717) is 18.8 Å². The van der Waals surface area contributed by atoms with E-state index in [1.54, 1.807) is 6.92 Å². The number of nitrogens with one attached hydrogen (secondary N) is 1. The standard InChI is InChI=1S/C13H23N5O5S/c1-12-14-11-13(18(19)20)17(12)7-10-24(21,22)15-3-2-4-16-5-8-23-9-6-16/h11,15H,2-10H2,1H3. The van der Waals surface area contributed by atoms with Crippen LogP contribution in [0.1, 0.15) is 12.2 Å². The van der Waals surface area contributed by atoms with Gasteiger partial charge in [0, 0.05) is 26.6 Å². The van der Waals surface area contributed by atoms with Gasteiger partial charge in [-0.25, -0.2) is 22.7 Å². The number of aryl methyl sites for hydroxylation is 1. The smallest absolute Gasteiger partial charge is 0.342 e. The molecular formula is C13H23N5O5S. The first-order valence-electron chi connectivity index (χ1n) is 7.83. The minimum atomic E-state index is -3.48. The molecule has 0 unspecified atom stereocenters. The second kappa shape index (κ2) is 8.51. The van der Waals surface area contributed by atoms with Gasteiger partial charge in [-0.2, -0.15) is 0 Å². The molecule has 1 N–H and O–H groups in total. The highest BCUT2D eigenvalue weighted by atomic mass is 32.2. The zero-order chi connectivity index (χ0) is 17.6. The molecule has 1 aromatic rings. The molecule has 1 aliphatic rings. The van der Waals surface area contributed by atoms with E-state index >= 15 is 0 Å².